The number of aromatic amines is 1. The molecule has 0 unspecified atom stereocenters. The second-order valence-corrected chi connectivity index (χ2v) is 6.74. The van der Waals surface area contributed by atoms with Crippen molar-refractivity contribution < 1.29 is 9.53 Å². The van der Waals surface area contributed by atoms with Gasteiger partial charge in [0.05, 0.1) is 19.4 Å². The maximum absolute atomic E-state index is 12.7. The molecule has 1 N–H and O–H groups in total. The first-order chi connectivity index (χ1) is 10.6. The molecule has 0 aliphatic carbocycles. The number of carbonyl (C=O) groups excluding carboxylic acids is 1. The van der Waals surface area contributed by atoms with E-state index in [1.807, 2.05) is 4.90 Å². The Morgan fingerprint density at radius 1 is 1.36 bits per heavy atom. The number of carbonyl (C=O) groups is 1. The van der Waals surface area contributed by atoms with E-state index in [0.29, 0.717) is 23.6 Å². The summed E-state index contributed by atoms with van der Waals surface area (Å²) in [7, 11) is 0. The van der Waals surface area contributed by atoms with Crippen molar-refractivity contribution >= 4 is 5.91 Å². The fraction of sp³-hybridized carbons (Fsp3) is 0.750. The van der Waals surface area contributed by atoms with E-state index in [0.717, 1.165) is 45.2 Å². The number of ether oxygens (including phenoxy) is 1. The van der Waals surface area contributed by atoms with E-state index in [1.165, 1.54) is 0 Å². The number of imidazole rings is 1. The SMILES string of the molecule is CC(C)c1ncc(C(=O)N2C[C@@H](C)[C@@H](N3CCOCC3)C2)[nH]1. The van der Waals surface area contributed by atoms with Gasteiger partial charge in [-0.05, 0) is 5.92 Å². The van der Waals surface area contributed by atoms with Gasteiger partial charge >= 0.3 is 0 Å². The quantitative estimate of drug-likeness (QED) is 0.915. The smallest absolute Gasteiger partial charge is 0.271 e. The van der Waals surface area contributed by atoms with Gasteiger partial charge in [0.2, 0.25) is 0 Å². The number of amides is 1. The number of nitrogens with zero attached hydrogens (tertiary/aromatic N) is 3. The molecule has 1 amide bonds. The Hall–Kier alpha value is -1.40. The topological polar surface area (TPSA) is 61.5 Å². The Balaban J connectivity index is 1.66. The maximum Gasteiger partial charge on any atom is 0.271 e. The van der Waals surface area contributed by atoms with Crippen LogP contribution in [0.2, 0.25) is 0 Å². The van der Waals surface area contributed by atoms with Crippen molar-refractivity contribution in [1.29, 1.82) is 0 Å². The summed E-state index contributed by atoms with van der Waals surface area (Å²) in [4.78, 5) is 24.6. The van der Waals surface area contributed by atoms with Gasteiger partial charge in [0.15, 0.2) is 0 Å². The largest absolute Gasteiger partial charge is 0.379 e. The van der Waals surface area contributed by atoms with Crippen LogP contribution in [0.4, 0.5) is 0 Å². The third-order valence-corrected chi connectivity index (χ3v) is 4.75. The summed E-state index contributed by atoms with van der Waals surface area (Å²) in [5, 5.41) is 0. The van der Waals surface area contributed by atoms with Gasteiger partial charge in [0.1, 0.15) is 11.5 Å². The molecule has 0 radical (unpaired) electrons. The van der Waals surface area contributed by atoms with Gasteiger partial charge in [0.25, 0.3) is 5.91 Å². The van der Waals surface area contributed by atoms with Crippen molar-refractivity contribution in [3.8, 4) is 0 Å². The molecule has 0 aromatic carbocycles. The molecule has 6 nitrogen and oxygen atoms in total. The number of hydrogen-bond acceptors (Lipinski definition) is 4. The molecular formula is C16H26N4O2. The normalized spacial score (nSPS) is 26.8. The molecule has 0 bridgehead atoms. The van der Waals surface area contributed by atoms with Crippen molar-refractivity contribution in [3.63, 3.8) is 0 Å². The number of hydrogen-bond donors (Lipinski definition) is 1. The minimum Gasteiger partial charge on any atom is -0.379 e. The Bertz CT molecular complexity index is 522. The second kappa shape index (κ2) is 6.38. The first-order valence-corrected chi connectivity index (χ1v) is 8.22. The molecule has 0 spiro atoms. The number of aromatic nitrogens is 2. The summed E-state index contributed by atoms with van der Waals surface area (Å²) in [6, 6.07) is 0.445. The minimum atomic E-state index is 0.0713. The molecule has 1 aromatic rings. The van der Waals surface area contributed by atoms with E-state index in [4.69, 9.17) is 4.74 Å². The number of H-pyrrole nitrogens is 1. The number of morpholine rings is 1. The monoisotopic (exact) mass is 306 g/mol. The highest BCUT2D eigenvalue weighted by Gasteiger charge is 2.37. The van der Waals surface area contributed by atoms with Crippen LogP contribution in [-0.4, -0.2) is 71.1 Å². The fourth-order valence-corrected chi connectivity index (χ4v) is 3.41. The molecule has 2 aliphatic heterocycles. The van der Waals surface area contributed by atoms with Gasteiger partial charge in [-0.25, -0.2) is 4.98 Å². The molecule has 2 atom stereocenters. The van der Waals surface area contributed by atoms with E-state index in [-0.39, 0.29) is 5.91 Å². The van der Waals surface area contributed by atoms with Crippen molar-refractivity contribution in [2.45, 2.75) is 32.7 Å². The summed E-state index contributed by atoms with van der Waals surface area (Å²) in [6.45, 7) is 11.5. The third-order valence-electron chi connectivity index (χ3n) is 4.75. The highest BCUT2D eigenvalue weighted by Crippen LogP contribution is 2.24. The van der Waals surface area contributed by atoms with E-state index in [2.05, 4.69) is 35.6 Å². The lowest BCUT2D eigenvalue weighted by atomic mass is 10.0. The van der Waals surface area contributed by atoms with Gasteiger partial charge < -0.3 is 14.6 Å². The van der Waals surface area contributed by atoms with Gasteiger partial charge in [-0.1, -0.05) is 20.8 Å². The fourth-order valence-electron chi connectivity index (χ4n) is 3.41. The molecule has 2 aliphatic rings. The second-order valence-electron chi connectivity index (χ2n) is 6.74. The number of nitrogens with one attached hydrogen (secondary N) is 1. The van der Waals surface area contributed by atoms with Crippen LogP contribution in [0, 0.1) is 5.92 Å². The van der Waals surface area contributed by atoms with Crippen molar-refractivity contribution in [3.05, 3.63) is 17.7 Å². The zero-order valence-corrected chi connectivity index (χ0v) is 13.7. The Morgan fingerprint density at radius 3 is 2.73 bits per heavy atom. The molecule has 0 saturated carbocycles. The average molecular weight is 306 g/mol. The lowest BCUT2D eigenvalue weighted by molar-refractivity contribution is 0.0119. The van der Waals surface area contributed by atoms with Crippen LogP contribution in [-0.2, 0) is 4.74 Å². The third kappa shape index (κ3) is 3.03. The lowest BCUT2D eigenvalue weighted by Gasteiger charge is -2.33. The van der Waals surface area contributed by atoms with Crippen molar-refractivity contribution in [1.82, 2.24) is 19.8 Å². The molecule has 3 rings (SSSR count). The van der Waals surface area contributed by atoms with Gasteiger partial charge in [0, 0.05) is 38.1 Å². The average Bonchev–Trinajstić information content (AvgIpc) is 3.14. The first-order valence-electron chi connectivity index (χ1n) is 8.22. The lowest BCUT2D eigenvalue weighted by Crippen LogP contribution is -2.47. The van der Waals surface area contributed by atoms with E-state index >= 15 is 0 Å². The zero-order chi connectivity index (χ0) is 15.7. The van der Waals surface area contributed by atoms with Gasteiger partial charge in [-0.15, -0.1) is 0 Å². The van der Waals surface area contributed by atoms with E-state index < -0.39 is 0 Å². The summed E-state index contributed by atoms with van der Waals surface area (Å²) in [6.07, 6.45) is 1.67. The molecule has 1 aromatic heterocycles. The molecule has 22 heavy (non-hydrogen) atoms. The molecule has 122 valence electrons. The zero-order valence-electron chi connectivity index (χ0n) is 13.7. The van der Waals surface area contributed by atoms with Crippen molar-refractivity contribution in [2.24, 2.45) is 5.92 Å². The van der Waals surface area contributed by atoms with E-state index in [1.54, 1.807) is 6.20 Å². The van der Waals surface area contributed by atoms with Crippen LogP contribution in [0.5, 0.6) is 0 Å². The van der Waals surface area contributed by atoms with Crippen LogP contribution < -0.4 is 0 Å². The Kier molecular flexibility index (Phi) is 4.49. The van der Waals surface area contributed by atoms with Crippen LogP contribution in [0.1, 0.15) is 43.0 Å². The summed E-state index contributed by atoms with van der Waals surface area (Å²) in [5.41, 5.74) is 0.610. The molecule has 2 fully saturated rings. The molecular weight excluding hydrogens is 280 g/mol. The van der Waals surface area contributed by atoms with Crippen LogP contribution in [0.3, 0.4) is 0 Å². The molecule has 3 heterocycles. The van der Waals surface area contributed by atoms with E-state index in [9.17, 15) is 4.79 Å². The Morgan fingerprint density at radius 2 is 2.09 bits per heavy atom. The maximum atomic E-state index is 12.7. The summed E-state index contributed by atoms with van der Waals surface area (Å²) in [5.74, 6) is 1.75. The summed E-state index contributed by atoms with van der Waals surface area (Å²) < 4.78 is 5.43. The first kappa shape index (κ1) is 15.5. The highest BCUT2D eigenvalue weighted by atomic mass is 16.5. The Labute approximate surface area is 131 Å². The highest BCUT2D eigenvalue weighted by molar-refractivity contribution is 5.92. The van der Waals surface area contributed by atoms with Crippen molar-refractivity contribution in [2.75, 3.05) is 39.4 Å². The van der Waals surface area contributed by atoms with Gasteiger partial charge in [-0.2, -0.15) is 0 Å². The minimum absolute atomic E-state index is 0.0713. The summed E-state index contributed by atoms with van der Waals surface area (Å²) >= 11 is 0. The van der Waals surface area contributed by atoms with Crippen LogP contribution >= 0.6 is 0 Å². The number of rotatable bonds is 3. The predicted octanol–water partition coefficient (Wildman–Crippen LogP) is 1.33. The molecule has 2 saturated heterocycles. The number of likely N-dealkylation sites (tertiary alicyclic amines) is 1. The predicted molar refractivity (Wildman–Crippen MR) is 83.9 cm³/mol. The molecule has 6 heteroatoms. The van der Waals surface area contributed by atoms with Gasteiger partial charge in [-0.3, -0.25) is 9.69 Å². The van der Waals surface area contributed by atoms with Crippen LogP contribution in [0.25, 0.3) is 0 Å². The standard InChI is InChI=1S/C16H26N4O2/c1-11(2)15-17-8-13(18-15)16(21)20-9-12(3)14(10-20)19-4-6-22-7-5-19/h8,11-12,14H,4-7,9-10H2,1-3H3,(H,17,18)/t12-,14+/m1/s1. The van der Waals surface area contributed by atoms with Crippen LogP contribution in [0.15, 0.2) is 6.20 Å².